The number of nitrogens with one attached hydrogen (secondary N) is 2. The topological polar surface area (TPSA) is 78.4 Å². The summed E-state index contributed by atoms with van der Waals surface area (Å²) in [6, 6.07) is -0.105. The predicted octanol–water partition coefficient (Wildman–Crippen LogP) is 2.76. The van der Waals surface area contributed by atoms with E-state index in [0.29, 0.717) is 24.3 Å². The molecule has 5 nitrogen and oxygen atoms in total. The number of carbonyl (C=O) groups excluding carboxylic acids is 1. The second-order valence-electron chi connectivity index (χ2n) is 6.27. The summed E-state index contributed by atoms with van der Waals surface area (Å²) in [5, 5.41) is 14.4. The first kappa shape index (κ1) is 16.8. The number of urea groups is 1. The minimum Gasteiger partial charge on any atom is -0.481 e. The van der Waals surface area contributed by atoms with E-state index in [0.717, 1.165) is 19.4 Å². The standard InChI is InChI=1S/C15H28N2O3/c1-3-12(5-6-13(18)19)7-10-16-14(20)17-11-15(2)8-4-9-15/h12H,3-11H2,1-2H3,(H,18,19)(H2,16,17,20). The van der Waals surface area contributed by atoms with E-state index in [4.69, 9.17) is 5.11 Å². The molecule has 0 aliphatic heterocycles. The average Bonchev–Trinajstić information content (AvgIpc) is 2.37. The fourth-order valence-electron chi connectivity index (χ4n) is 2.58. The third-order valence-corrected chi connectivity index (χ3v) is 4.42. The summed E-state index contributed by atoms with van der Waals surface area (Å²) in [4.78, 5) is 22.2. The molecule has 0 heterocycles. The van der Waals surface area contributed by atoms with E-state index >= 15 is 0 Å². The lowest BCUT2D eigenvalue weighted by atomic mass is 9.70. The zero-order chi connectivity index (χ0) is 15.0. The molecule has 2 amide bonds. The Kier molecular flexibility index (Phi) is 6.82. The molecule has 5 heteroatoms. The third kappa shape index (κ3) is 6.26. The second-order valence-corrected chi connectivity index (χ2v) is 6.27. The molecule has 20 heavy (non-hydrogen) atoms. The Hall–Kier alpha value is -1.26. The highest BCUT2D eigenvalue weighted by atomic mass is 16.4. The number of carboxylic acid groups (broad SMARTS) is 1. The molecular weight excluding hydrogens is 256 g/mol. The highest BCUT2D eigenvalue weighted by molar-refractivity contribution is 5.73. The lowest BCUT2D eigenvalue weighted by Crippen LogP contribution is -2.44. The molecule has 0 aromatic carbocycles. The summed E-state index contributed by atoms with van der Waals surface area (Å²) in [6.45, 7) is 5.62. The molecule has 0 aromatic heterocycles. The van der Waals surface area contributed by atoms with Gasteiger partial charge in [-0.3, -0.25) is 4.79 Å². The van der Waals surface area contributed by atoms with Gasteiger partial charge in [0.05, 0.1) is 0 Å². The summed E-state index contributed by atoms with van der Waals surface area (Å²) in [6.07, 6.45) is 6.35. The van der Waals surface area contributed by atoms with Gasteiger partial charge >= 0.3 is 12.0 Å². The largest absolute Gasteiger partial charge is 0.481 e. The minimum absolute atomic E-state index is 0.105. The van der Waals surface area contributed by atoms with Crippen LogP contribution in [-0.2, 0) is 4.79 Å². The van der Waals surface area contributed by atoms with Crippen molar-refractivity contribution >= 4 is 12.0 Å². The van der Waals surface area contributed by atoms with Gasteiger partial charge < -0.3 is 15.7 Å². The van der Waals surface area contributed by atoms with Crippen LogP contribution in [0.25, 0.3) is 0 Å². The van der Waals surface area contributed by atoms with Gasteiger partial charge in [0.25, 0.3) is 0 Å². The second kappa shape index (κ2) is 8.12. The van der Waals surface area contributed by atoms with Crippen LogP contribution in [0, 0.1) is 11.3 Å². The summed E-state index contributed by atoms with van der Waals surface area (Å²) < 4.78 is 0. The molecule has 3 N–H and O–H groups in total. The number of carboxylic acids is 1. The van der Waals surface area contributed by atoms with Crippen molar-refractivity contribution in [1.82, 2.24) is 10.6 Å². The Labute approximate surface area is 121 Å². The van der Waals surface area contributed by atoms with Gasteiger partial charge in [0, 0.05) is 19.5 Å². The molecule has 1 atom stereocenters. The summed E-state index contributed by atoms with van der Waals surface area (Å²) in [5.74, 6) is -0.376. The maximum Gasteiger partial charge on any atom is 0.314 e. The zero-order valence-corrected chi connectivity index (χ0v) is 12.7. The normalized spacial score (nSPS) is 17.9. The van der Waals surface area contributed by atoms with Gasteiger partial charge in [0.2, 0.25) is 0 Å². The molecule has 0 saturated heterocycles. The van der Waals surface area contributed by atoms with Crippen molar-refractivity contribution < 1.29 is 14.7 Å². The van der Waals surface area contributed by atoms with Gasteiger partial charge in [-0.25, -0.2) is 4.79 Å². The van der Waals surface area contributed by atoms with Gasteiger partial charge in [-0.1, -0.05) is 26.7 Å². The molecule has 1 fully saturated rings. The molecule has 1 rings (SSSR count). The van der Waals surface area contributed by atoms with E-state index in [2.05, 4.69) is 24.5 Å². The first-order valence-corrected chi connectivity index (χ1v) is 7.69. The van der Waals surface area contributed by atoms with Crippen LogP contribution >= 0.6 is 0 Å². The van der Waals surface area contributed by atoms with Gasteiger partial charge in [0.15, 0.2) is 0 Å². The Morgan fingerprint density at radius 2 is 1.95 bits per heavy atom. The van der Waals surface area contributed by atoms with Crippen LogP contribution in [0.4, 0.5) is 4.79 Å². The molecule has 1 aliphatic carbocycles. The fourth-order valence-corrected chi connectivity index (χ4v) is 2.58. The van der Waals surface area contributed by atoms with Gasteiger partial charge in [0.1, 0.15) is 0 Å². The molecule has 1 aliphatic rings. The Balaban J connectivity index is 2.08. The average molecular weight is 284 g/mol. The molecule has 1 saturated carbocycles. The number of rotatable bonds is 9. The monoisotopic (exact) mass is 284 g/mol. The van der Waals surface area contributed by atoms with Crippen LogP contribution in [0.3, 0.4) is 0 Å². The molecule has 1 unspecified atom stereocenters. The number of carbonyl (C=O) groups is 2. The Bertz CT molecular complexity index is 327. The smallest absolute Gasteiger partial charge is 0.314 e. The van der Waals surface area contributed by atoms with E-state index in [1.54, 1.807) is 0 Å². The summed E-state index contributed by atoms with van der Waals surface area (Å²) in [5.41, 5.74) is 0.296. The zero-order valence-electron chi connectivity index (χ0n) is 12.7. The van der Waals surface area contributed by atoms with E-state index in [1.165, 1.54) is 19.3 Å². The SMILES string of the molecule is CCC(CCNC(=O)NCC1(C)CCC1)CCC(=O)O. The van der Waals surface area contributed by atoms with Crippen molar-refractivity contribution in [1.29, 1.82) is 0 Å². The van der Waals surface area contributed by atoms with Crippen LogP contribution in [0.15, 0.2) is 0 Å². The minimum atomic E-state index is -0.747. The van der Waals surface area contributed by atoms with Crippen molar-refractivity contribution in [3.8, 4) is 0 Å². The van der Waals surface area contributed by atoms with Crippen molar-refractivity contribution in [2.45, 2.75) is 58.8 Å². The fraction of sp³-hybridized carbons (Fsp3) is 0.867. The molecular formula is C15H28N2O3. The van der Waals surface area contributed by atoms with Crippen LogP contribution in [0.5, 0.6) is 0 Å². The number of hydrogen-bond acceptors (Lipinski definition) is 2. The first-order chi connectivity index (χ1) is 9.45. The van der Waals surface area contributed by atoms with Crippen LogP contribution in [0.2, 0.25) is 0 Å². The van der Waals surface area contributed by atoms with E-state index in [9.17, 15) is 9.59 Å². The summed E-state index contributed by atoms with van der Waals surface area (Å²) in [7, 11) is 0. The van der Waals surface area contributed by atoms with E-state index in [-0.39, 0.29) is 12.5 Å². The molecule has 0 aromatic rings. The van der Waals surface area contributed by atoms with Gasteiger partial charge in [-0.2, -0.15) is 0 Å². The van der Waals surface area contributed by atoms with Crippen molar-refractivity contribution in [2.24, 2.45) is 11.3 Å². The molecule has 0 radical (unpaired) electrons. The van der Waals surface area contributed by atoms with Crippen molar-refractivity contribution in [3.63, 3.8) is 0 Å². The molecule has 116 valence electrons. The van der Waals surface area contributed by atoms with Crippen LogP contribution < -0.4 is 10.6 Å². The lowest BCUT2D eigenvalue weighted by molar-refractivity contribution is -0.137. The number of aliphatic carboxylic acids is 1. The molecule has 0 bridgehead atoms. The lowest BCUT2D eigenvalue weighted by Gasteiger charge is -2.38. The predicted molar refractivity (Wildman–Crippen MR) is 78.6 cm³/mol. The molecule has 0 spiro atoms. The van der Waals surface area contributed by atoms with E-state index in [1.807, 2.05) is 0 Å². The maximum atomic E-state index is 11.6. The Morgan fingerprint density at radius 1 is 1.25 bits per heavy atom. The summed E-state index contributed by atoms with van der Waals surface area (Å²) >= 11 is 0. The number of amides is 2. The first-order valence-electron chi connectivity index (χ1n) is 7.69. The Morgan fingerprint density at radius 3 is 2.45 bits per heavy atom. The number of hydrogen-bond donors (Lipinski definition) is 3. The van der Waals surface area contributed by atoms with Gasteiger partial charge in [-0.05, 0) is 37.0 Å². The highest BCUT2D eigenvalue weighted by Gasteiger charge is 2.31. The van der Waals surface area contributed by atoms with E-state index < -0.39 is 5.97 Å². The third-order valence-electron chi connectivity index (χ3n) is 4.42. The van der Waals surface area contributed by atoms with Crippen molar-refractivity contribution in [2.75, 3.05) is 13.1 Å². The maximum absolute atomic E-state index is 11.6. The van der Waals surface area contributed by atoms with Crippen LogP contribution in [0.1, 0.15) is 58.8 Å². The quantitative estimate of drug-likeness (QED) is 0.609. The highest BCUT2D eigenvalue weighted by Crippen LogP contribution is 2.39. The van der Waals surface area contributed by atoms with Crippen LogP contribution in [-0.4, -0.2) is 30.2 Å². The van der Waals surface area contributed by atoms with Gasteiger partial charge in [-0.15, -0.1) is 0 Å². The van der Waals surface area contributed by atoms with Crippen molar-refractivity contribution in [3.05, 3.63) is 0 Å².